The van der Waals surface area contributed by atoms with E-state index in [2.05, 4.69) is 10.6 Å². The molecule has 2 N–H and O–H groups in total. The maximum Gasteiger partial charge on any atom is 0.251 e. The molecule has 1 saturated heterocycles. The molecule has 0 radical (unpaired) electrons. The minimum Gasteiger partial charge on any atom is -0.351 e. The van der Waals surface area contributed by atoms with Crippen LogP contribution in [-0.4, -0.2) is 23.9 Å². The molecular formula is C16H19FN2O2. The summed E-state index contributed by atoms with van der Waals surface area (Å²) in [7, 11) is 0. The summed E-state index contributed by atoms with van der Waals surface area (Å²) in [4.78, 5) is 23.9. The van der Waals surface area contributed by atoms with E-state index in [0.717, 1.165) is 18.4 Å². The summed E-state index contributed by atoms with van der Waals surface area (Å²) in [5, 5.41) is 5.96. The van der Waals surface area contributed by atoms with Crippen LogP contribution in [0.1, 0.15) is 41.6 Å². The molecule has 0 aromatic heterocycles. The Kier molecular flexibility index (Phi) is 3.66. The smallest absolute Gasteiger partial charge is 0.251 e. The highest BCUT2D eigenvalue weighted by molar-refractivity contribution is 5.96. The largest absolute Gasteiger partial charge is 0.351 e. The molecule has 1 heterocycles. The average Bonchev–Trinajstić information content (AvgIpc) is 3.28. The van der Waals surface area contributed by atoms with E-state index in [4.69, 9.17) is 0 Å². The van der Waals surface area contributed by atoms with Crippen molar-refractivity contribution in [1.82, 2.24) is 10.6 Å². The highest BCUT2D eigenvalue weighted by atomic mass is 19.1. The van der Waals surface area contributed by atoms with Gasteiger partial charge in [-0.05, 0) is 49.8 Å². The fourth-order valence-electron chi connectivity index (χ4n) is 2.97. The molecule has 2 fully saturated rings. The molecule has 0 bridgehead atoms. The lowest BCUT2D eigenvalue weighted by Crippen LogP contribution is -2.56. The SMILES string of the molecule is Cc1ccc(F)cc1C(=O)N[C@@H]1CCC(=O)N[C@H]1C1CC1. The van der Waals surface area contributed by atoms with Crippen LogP contribution in [0, 0.1) is 18.7 Å². The van der Waals surface area contributed by atoms with Crippen LogP contribution in [0.3, 0.4) is 0 Å². The van der Waals surface area contributed by atoms with Crippen LogP contribution in [0.2, 0.25) is 0 Å². The second kappa shape index (κ2) is 5.47. The molecule has 112 valence electrons. The van der Waals surface area contributed by atoms with Gasteiger partial charge in [-0.2, -0.15) is 0 Å². The summed E-state index contributed by atoms with van der Waals surface area (Å²) >= 11 is 0. The van der Waals surface area contributed by atoms with Gasteiger partial charge in [0.25, 0.3) is 5.91 Å². The van der Waals surface area contributed by atoms with Crippen molar-refractivity contribution in [2.24, 2.45) is 5.92 Å². The number of aryl methyl sites for hydroxylation is 1. The van der Waals surface area contributed by atoms with E-state index in [1.165, 1.54) is 12.1 Å². The summed E-state index contributed by atoms with van der Waals surface area (Å²) in [6.07, 6.45) is 3.26. The predicted molar refractivity (Wildman–Crippen MR) is 76.3 cm³/mol. The fraction of sp³-hybridized carbons (Fsp3) is 0.500. The van der Waals surface area contributed by atoms with Crippen molar-refractivity contribution in [2.75, 3.05) is 0 Å². The van der Waals surface area contributed by atoms with Crippen molar-refractivity contribution in [3.8, 4) is 0 Å². The molecule has 0 spiro atoms. The van der Waals surface area contributed by atoms with E-state index in [-0.39, 0.29) is 23.9 Å². The average molecular weight is 290 g/mol. The number of hydrogen-bond acceptors (Lipinski definition) is 2. The molecule has 1 aliphatic heterocycles. The summed E-state index contributed by atoms with van der Waals surface area (Å²) < 4.78 is 13.3. The Balaban J connectivity index is 1.73. The lowest BCUT2D eigenvalue weighted by atomic mass is 9.93. The molecule has 2 amide bonds. The molecule has 1 saturated carbocycles. The third kappa shape index (κ3) is 3.06. The number of carbonyl (C=O) groups is 2. The van der Waals surface area contributed by atoms with Gasteiger partial charge in [0.1, 0.15) is 5.82 Å². The molecule has 1 aromatic rings. The summed E-state index contributed by atoms with van der Waals surface area (Å²) in [6.45, 7) is 1.79. The number of amides is 2. The Morgan fingerprint density at radius 3 is 2.81 bits per heavy atom. The molecule has 0 unspecified atom stereocenters. The van der Waals surface area contributed by atoms with Gasteiger partial charge in [0.15, 0.2) is 0 Å². The molecule has 5 heteroatoms. The van der Waals surface area contributed by atoms with Crippen LogP contribution < -0.4 is 10.6 Å². The van der Waals surface area contributed by atoms with Gasteiger partial charge in [-0.1, -0.05) is 6.07 Å². The second-order valence-electron chi connectivity index (χ2n) is 6.01. The van der Waals surface area contributed by atoms with Crippen molar-refractivity contribution in [3.63, 3.8) is 0 Å². The first kappa shape index (κ1) is 14.0. The van der Waals surface area contributed by atoms with E-state index >= 15 is 0 Å². The third-order valence-corrected chi connectivity index (χ3v) is 4.33. The topological polar surface area (TPSA) is 58.2 Å². The normalized spacial score (nSPS) is 25.3. The van der Waals surface area contributed by atoms with Gasteiger partial charge in [-0.15, -0.1) is 0 Å². The standard InChI is InChI=1S/C16H19FN2O2/c1-9-2-5-11(17)8-12(9)16(21)18-13-6-7-14(20)19-15(13)10-3-4-10/h2,5,8,10,13,15H,3-4,6-7H2,1H3,(H,18,21)(H,19,20)/t13-,15+/m1/s1. The van der Waals surface area contributed by atoms with E-state index in [0.29, 0.717) is 24.3 Å². The number of piperidine rings is 1. The first-order chi connectivity index (χ1) is 10.0. The quantitative estimate of drug-likeness (QED) is 0.893. The second-order valence-corrected chi connectivity index (χ2v) is 6.01. The Morgan fingerprint density at radius 1 is 1.33 bits per heavy atom. The Bertz CT molecular complexity index is 584. The van der Waals surface area contributed by atoms with Gasteiger partial charge in [0.05, 0.1) is 12.1 Å². The molecule has 1 aromatic carbocycles. The highest BCUT2D eigenvalue weighted by Crippen LogP contribution is 2.36. The van der Waals surface area contributed by atoms with Crippen molar-refractivity contribution in [2.45, 2.75) is 44.7 Å². The van der Waals surface area contributed by atoms with Crippen LogP contribution in [0.15, 0.2) is 18.2 Å². The number of hydrogen-bond donors (Lipinski definition) is 2. The Hall–Kier alpha value is -1.91. The van der Waals surface area contributed by atoms with Crippen molar-refractivity contribution < 1.29 is 14.0 Å². The molecule has 3 rings (SSSR count). The fourth-order valence-corrected chi connectivity index (χ4v) is 2.97. The van der Waals surface area contributed by atoms with Crippen LogP contribution in [0.4, 0.5) is 4.39 Å². The number of carbonyl (C=O) groups excluding carboxylic acids is 2. The molecule has 21 heavy (non-hydrogen) atoms. The van der Waals surface area contributed by atoms with Gasteiger partial charge < -0.3 is 10.6 Å². The van der Waals surface area contributed by atoms with E-state index in [9.17, 15) is 14.0 Å². The first-order valence-corrected chi connectivity index (χ1v) is 7.41. The molecule has 1 aliphatic carbocycles. The van der Waals surface area contributed by atoms with Crippen LogP contribution in [-0.2, 0) is 4.79 Å². The van der Waals surface area contributed by atoms with Gasteiger partial charge >= 0.3 is 0 Å². The lowest BCUT2D eigenvalue weighted by Gasteiger charge is -2.33. The summed E-state index contributed by atoms with van der Waals surface area (Å²) in [5.74, 6) is -0.160. The van der Waals surface area contributed by atoms with Crippen molar-refractivity contribution >= 4 is 11.8 Å². The summed E-state index contributed by atoms with van der Waals surface area (Å²) in [5.41, 5.74) is 1.11. The molecule has 2 aliphatic rings. The number of nitrogens with one attached hydrogen (secondary N) is 2. The van der Waals surface area contributed by atoms with Gasteiger partial charge in [-0.25, -0.2) is 4.39 Å². The van der Waals surface area contributed by atoms with Gasteiger partial charge in [-0.3, -0.25) is 9.59 Å². The molecule has 4 nitrogen and oxygen atoms in total. The van der Waals surface area contributed by atoms with Crippen LogP contribution in [0.5, 0.6) is 0 Å². The molecular weight excluding hydrogens is 271 g/mol. The monoisotopic (exact) mass is 290 g/mol. The van der Waals surface area contributed by atoms with E-state index in [1.54, 1.807) is 13.0 Å². The maximum absolute atomic E-state index is 13.3. The Morgan fingerprint density at radius 2 is 2.10 bits per heavy atom. The zero-order valence-electron chi connectivity index (χ0n) is 12.0. The zero-order chi connectivity index (χ0) is 15.0. The van der Waals surface area contributed by atoms with E-state index in [1.807, 2.05) is 0 Å². The predicted octanol–water partition coefficient (Wildman–Crippen LogP) is 1.92. The maximum atomic E-state index is 13.3. The Labute approximate surface area is 123 Å². The van der Waals surface area contributed by atoms with Crippen LogP contribution in [0.25, 0.3) is 0 Å². The zero-order valence-corrected chi connectivity index (χ0v) is 12.0. The lowest BCUT2D eigenvalue weighted by molar-refractivity contribution is -0.124. The highest BCUT2D eigenvalue weighted by Gasteiger charge is 2.40. The van der Waals surface area contributed by atoms with Gasteiger partial charge in [0, 0.05) is 12.0 Å². The number of benzene rings is 1. The third-order valence-electron chi connectivity index (χ3n) is 4.33. The van der Waals surface area contributed by atoms with Crippen LogP contribution >= 0.6 is 0 Å². The van der Waals surface area contributed by atoms with Crippen molar-refractivity contribution in [1.29, 1.82) is 0 Å². The van der Waals surface area contributed by atoms with Crippen molar-refractivity contribution in [3.05, 3.63) is 35.1 Å². The summed E-state index contributed by atoms with van der Waals surface area (Å²) in [6, 6.07) is 4.16. The number of halogens is 1. The van der Waals surface area contributed by atoms with E-state index < -0.39 is 5.82 Å². The first-order valence-electron chi connectivity index (χ1n) is 7.41. The minimum absolute atomic E-state index is 0.0177. The van der Waals surface area contributed by atoms with Gasteiger partial charge in [0.2, 0.25) is 5.91 Å². The molecule has 2 atom stereocenters. The number of rotatable bonds is 3. The minimum atomic E-state index is -0.415.